The van der Waals surface area contributed by atoms with Crippen LogP contribution in [-0.2, 0) is 5.75 Å². The summed E-state index contributed by atoms with van der Waals surface area (Å²) in [6.07, 6.45) is 4.00. The lowest BCUT2D eigenvalue weighted by Crippen LogP contribution is -2.39. The first-order chi connectivity index (χ1) is 14.8. The summed E-state index contributed by atoms with van der Waals surface area (Å²) in [7, 11) is 0. The molecule has 0 spiro atoms. The van der Waals surface area contributed by atoms with Gasteiger partial charge in [0.1, 0.15) is 5.82 Å². The Hall–Kier alpha value is -2.64. The van der Waals surface area contributed by atoms with E-state index in [1.54, 1.807) is 23.1 Å². The molecule has 1 amide bonds. The van der Waals surface area contributed by atoms with Crippen molar-refractivity contribution in [3.63, 3.8) is 0 Å². The van der Waals surface area contributed by atoms with Crippen molar-refractivity contribution < 1.29 is 4.79 Å². The maximum absolute atomic E-state index is 13.4. The quantitative estimate of drug-likeness (QED) is 0.410. The maximum atomic E-state index is 13.4. The molecule has 5 rings (SSSR count). The number of pyridine rings is 1. The van der Waals surface area contributed by atoms with Gasteiger partial charge in [0.05, 0.1) is 5.56 Å². The van der Waals surface area contributed by atoms with Gasteiger partial charge in [-0.3, -0.25) is 9.20 Å². The van der Waals surface area contributed by atoms with E-state index in [2.05, 4.69) is 33.8 Å². The average molecular weight is 435 g/mol. The van der Waals surface area contributed by atoms with Crippen molar-refractivity contribution in [3.8, 4) is 0 Å². The fourth-order valence-corrected chi connectivity index (χ4v) is 5.81. The van der Waals surface area contributed by atoms with Gasteiger partial charge in [0, 0.05) is 40.7 Å². The van der Waals surface area contributed by atoms with Gasteiger partial charge in [-0.25, -0.2) is 0 Å². The number of hydrogen-bond acceptors (Lipinski definition) is 5. The minimum Gasteiger partial charge on any atom is -0.338 e. The first-order valence-corrected chi connectivity index (χ1v) is 12.0. The summed E-state index contributed by atoms with van der Waals surface area (Å²) in [6.45, 7) is 1.47. The van der Waals surface area contributed by atoms with Crippen LogP contribution in [0.25, 0.3) is 5.65 Å². The zero-order chi connectivity index (χ0) is 20.3. The lowest BCUT2D eigenvalue weighted by atomic mass is 9.96. The van der Waals surface area contributed by atoms with Crippen molar-refractivity contribution in [1.29, 1.82) is 0 Å². The number of carbonyl (C=O) groups excluding carboxylic acids is 1. The van der Waals surface area contributed by atoms with Crippen LogP contribution in [0.15, 0.2) is 71.1 Å². The van der Waals surface area contributed by atoms with Crippen LogP contribution in [0.3, 0.4) is 0 Å². The van der Waals surface area contributed by atoms with Crippen LogP contribution in [0.1, 0.15) is 39.8 Å². The number of carbonyl (C=O) groups is 1. The van der Waals surface area contributed by atoms with Gasteiger partial charge in [-0.05, 0) is 48.6 Å². The molecule has 152 valence electrons. The molecule has 0 saturated carbocycles. The molecule has 1 saturated heterocycles. The highest BCUT2D eigenvalue weighted by Crippen LogP contribution is 2.31. The molecule has 1 unspecified atom stereocenters. The van der Waals surface area contributed by atoms with Gasteiger partial charge in [0.15, 0.2) is 5.65 Å². The van der Waals surface area contributed by atoms with E-state index in [0.717, 1.165) is 47.1 Å². The smallest absolute Gasteiger partial charge is 0.255 e. The Bertz CT molecular complexity index is 1150. The highest BCUT2D eigenvalue weighted by molar-refractivity contribution is 7.98. The molecule has 7 heteroatoms. The summed E-state index contributed by atoms with van der Waals surface area (Å²) in [5, 5.41) is 10.8. The number of likely N-dealkylation sites (tertiary alicyclic amines) is 1. The van der Waals surface area contributed by atoms with E-state index in [9.17, 15) is 4.79 Å². The monoisotopic (exact) mass is 434 g/mol. The van der Waals surface area contributed by atoms with Gasteiger partial charge in [0.25, 0.3) is 5.91 Å². The molecule has 4 heterocycles. The number of nitrogens with zero attached hydrogens (tertiary/aromatic N) is 4. The van der Waals surface area contributed by atoms with E-state index in [4.69, 9.17) is 0 Å². The predicted molar refractivity (Wildman–Crippen MR) is 121 cm³/mol. The van der Waals surface area contributed by atoms with E-state index in [1.807, 2.05) is 51.9 Å². The van der Waals surface area contributed by atoms with Gasteiger partial charge in [0.2, 0.25) is 0 Å². The zero-order valence-electron chi connectivity index (χ0n) is 16.5. The Morgan fingerprint density at radius 3 is 2.90 bits per heavy atom. The normalized spacial score (nSPS) is 16.8. The number of thioether (sulfide) groups is 1. The molecule has 0 bridgehead atoms. The Kier molecular flexibility index (Phi) is 5.55. The molecular weight excluding hydrogens is 412 g/mol. The lowest BCUT2D eigenvalue weighted by molar-refractivity contribution is 0.0700. The minimum absolute atomic E-state index is 0.114. The molecule has 0 radical (unpaired) electrons. The molecule has 1 fully saturated rings. The Labute approximate surface area is 183 Å². The van der Waals surface area contributed by atoms with Crippen molar-refractivity contribution in [2.24, 2.45) is 0 Å². The summed E-state index contributed by atoms with van der Waals surface area (Å²) >= 11 is 3.49. The number of hydrogen-bond donors (Lipinski definition) is 0. The number of rotatable bonds is 5. The summed E-state index contributed by atoms with van der Waals surface area (Å²) in [4.78, 5) is 17.8. The number of thiophene rings is 1. The van der Waals surface area contributed by atoms with E-state index < -0.39 is 0 Å². The second kappa shape index (κ2) is 8.62. The first-order valence-electron chi connectivity index (χ1n) is 10.1. The van der Waals surface area contributed by atoms with Crippen LogP contribution in [0.2, 0.25) is 0 Å². The van der Waals surface area contributed by atoms with Crippen LogP contribution in [0.4, 0.5) is 0 Å². The summed E-state index contributed by atoms with van der Waals surface area (Å²) < 4.78 is 2.05. The largest absolute Gasteiger partial charge is 0.338 e. The van der Waals surface area contributed by atoms with Crippen molar-refractivity contribution >= 4 is 34.7 Å². The van der Waals surface area contributed by atoms with Crippen molar-refractivity contribution in [2.75, 3.05) is 13.1 Å². The number of amides is 1. The van der Waals surface area contributed by atoms with Gasteiger partial charge in [-0.2, -0.15) is 0 Å². The lowest BCUT2D eigenvalue weighted by Gasteiger charge is -2.32. The number of aromatic nitrogens is 3. The third-order valence-corrected chi connectivity index (χ3v) is 7.66. The van der Waals surface area contributed by atoms with Crippen LogP contribution < -0.4 is 0 Å². The van der Waals surface area contributed by atoms with Gasteiger partial charge < -0.3 is 4.90 Å². The maximum Gasteiger partial charge on any atom is 0.255 e. The van der Waals surface area contributed by atoms with E-state index in [0.29, 0.717) is 6.54 Å². The zero-order valence-corrected chi connectivity index (χ0v) is 18.1. The first kappa shape index (κ1) is 19.3. The van der Waals surface area contributed by atoms with Crippen LogP contribution in [-0.4, -0.2) is 38.5 Å². The Morgan fingerprint density at radius 1 is 1.10 bits per heavy atom. The van der Waals surface area contributed by atoms with Crippen molar-refractivity contribution in [1.82, 2.24) is 19.5 Å². The Balaban J connectivity index is 1.35. The molecule has 1 aromatic carbocycles. The third-order valence-electron chi connectivity index (χ3n) is 5.48. The number of fused-ring (bicyclic) bond motifs is 1. The van der Waals surface area contributed by atoms with Gasteiger partial charge in [-0.1, -0.05) is 24.3 Å². The third kappa shape index (κ3) is 3.87. The molecule has 0 aliphatic carbocycles. The fourth-order valence-electron chi connectivity index (χ4n) is 3.99. The van der Waals surface area contributed by atoms with E-state index in [1.165, 1.54) is 4.88 Å². The molecule has 4 aromatic rings. The minimum atomic E-state index is 0.114. The van der Waals surface area contributed by atoms with E-state index >= 15 is 0 Å². The average Bonchev–Trinajstić information content (AvgIpc) is 3.47. The molecule has 30 heavy (non-hydrogen) atoms. The Morgan fingerprint density at radius 2 is 2.00 bits per heavy atom. The van der Waals surface area contributed by atoms with Crippen molar-refractivity contribution in [2.45, 2.75) is 29.4 Å². The molecule has 0 N–H and O–H groups in total. The number of piperidine rings is 1. The molecular formula is C23H22N4OS2. The van der Waals surface area contributed by atoms with E-state index in [-0.39, 0.29) is 11.8 Å². The summed E-state index contributed by atoms with van der Waals surface area (Å²) in [6, 6.07) is 18.1. The standard InChI is InChI=1S/C23H22N4OS2/c28-23(19-9-1-2-10-20(19)30-16-18-8-6-14-29-18)26-12-5-7-17(15-26)22-25-24-21-11-3-4-13-27(21)22/h1-4,6,8-11,13-14,17H,5,7,12,15-16H2. The second-order valence-corrected chi connectivity index (χ2v) is 9.49. The summed E-state index contributed by atoms with van der Waals surface area (Å²) in [5.74, 6) is 2.15. The predicted octanol–water partition coefficient (Wildman–Crippen LogP) is 5.10. The van der Waals surface area contributed by atoms with Crippen LogP contribution in [0, 0.1) is 0 Å². The van der Waals surface area contributed by atoms with Crippen LogP contribution in [0.5, 0.6) is 0 Å². The molecule has 1 aliphatic rings. The van der Waals surface area contributed by atoms with Crippen molar-refractivity contribution in [3.05, 3.63) is 82.4 Å². The molecule has 1 aliphatic heterocycles. The topological polar surface area (TPSA) is 50.5 Å². The second-order valence-electron chi connectivity index (χ2n) is 7.44. The highest BCUT2D eigenvalue weighted by Gasteiger charge is 2.29. The highest BCUT2D eigenvalue weighted by atomic mass is 32.2. The van der Waals surface area contributed by atoms with Gasteiger partial charge >= 0.3 is 0 Å². The molecule has 3 aromatic heterocycles. The van der Waals surface area contributed by atoms with Crippen LogP contribution >= 0.6 is 23.1 Å². The number of benzene rings is 1. The SMILES string of the molecule is O=C(c1ccccc1SCc1cccs1)N1CCCC(c2nnc3ccccn23)C1. The van der Waals surface area contributed by atoms with Gasteiger partial charge in [-0.15, -0.1) is 33.3 Å². The molecule has 5 nitrogen and oxygen atoms in total. The molecule has 1 atom stereocenters. The fraction of sp³-hybridized carbons (Fsp3) is 0.261. The summed E-state index contributed by atoms with van der Waals surface area (Å²) in [5.41, 5.74) is 1.65.